The first-order chi connectivity index (χ1) is 10.8. The van der Waals surface area contributed by atoms with E-state index in [0.29, 0.717) is 17.8 Å². The summed E-state index contributed by atoms with van der Waals surface area (Å²) >= 11 is 0. The Bertz CT molecular complexity index is 474. The quantitative estimate of drug-likeness (QED) is 0.838. The molecule has 2 aliphatic carbocycles. The number of hydrogen-bond acceptors (Lipinski definition) is 4. The van der Waals surface area contributed by atoms with Gasteiger partial charge in [-0.15, -0.1) is 0 Å². The maximum Gasteiger partial charge on any atom is 0.271 e. The largest absolute Gasteiger partial charge is 0.366 e. The Hall–Kier alpha value is -1.65. The maximum atomic E-state index is 12.1. The number of hydrogen-bond donors (Lipinski definition) is 2. The summed E-state index contributed by atoms with van der Waals surface area (Å²) in [7, 11) is 0. The molecule has 0 spiro atoms. The van der Waals surface area contributed by atoms with E-state index in [4.69, 9.17) is 0 Å². The SMILES string of the molecule is O=C(NC1CCCC1)c1cnc(NC2CCCCCC2)cn1. The third-order valence-corrected chi connectivity index (χ3v) is 4.78. The van der Waals surface area contributed by atoms with Gasteiger partial charge in [0.25, 0.3) is 5.91 Å². The topological polar surface area (TPSA) is 66.9 Å². The summed E-state index contributed by atoms with van der Waals surface area (Å²) < 4.78 is 0. The van der Waals surface area contributed by atoms with Gasteiger partial charge < -0.3 is 10.6 Å². The monoisotopic (exact) mass is 302 g/mol. The molecule has 1 amide bonds. The van der Waals surface area contributed by atoms with E-state index in [2.05, 4.69) is 20.6 Å². The van der Waals surface area contributed by atoms with Crippen LogP contribution < -0.4 is 10.6 Å². The van der Waals surface area contributed by atoms with Crippen molar-refractivity contribution in [3.63, 3.8) is 0 Å². The summed E-state index contributed by atoms with van der Waals surface area (Å²) in [6, 6.07) is 0.813. The minimum absolute atomic E-state index is 0.0968. The zero-order chi connectivity index (χ0) is 15.2. The molecule has 2 fully saturated rings. The number of nitrogens with zero attached hydrogens (tertiary/aromatic N) is 2. The number of amides is 1. The van der Waals surface area contributed by atoms with Crippen molar-refractivity contribution in [1.29, 1.82) is 0 Å². The molecule has 0 aliphatic heterocycles. The summed E-state index contributed by atoms with van der Waals surface area (Å²) in [4.78, 5) is 20.8. The lowest BCUT2D eigenvalue weighted by Gasteiger charge is -2.16. The van der Waals surface area contributed by atoms with E-state index in [1.54, 1.807) is 12.4 Å². The first-order valence-electron chi connectivity index (χ1n) is 8.71. The van der Waals surface area contributed by atoms with Crippen LogP contribution in [0.5, 0.6) is 0 Å². The Morgan fingerprint density at radius 2 is 1.50 bits per heavy atom. The molecule has 0 unspecified atom stereocenters. The molecule has 5 nitrogen and oxygen atoms in total. The predicted molar refractivity (Wildman–Crippen MR) is 86.9 cm³/mol. The first-order valence-corrected chi connectivity index (χ1v) is 8.71. The zero-order valence-electron chi connectivity index (χ0n) is 13.2. The van der Waals surface area contributed by atoms with Crippen LogP contribution >= 0.6 is 0 Å². The normalized spacial score (nSPS) is 20.5. The Morgan fingerprint density at radius 1 is 0.864 bits per heavy atom. The van der Waals surface area contributed by atoms with Gasteiger partial charge in [0.15, 0.2) is 0 Å². The van der Waals surface area contributed by atoms with E-state index in [0.717, 1.165) is 18.7 Å². The summed E-state index contributed by atoms with van der Waals surface area (Å²) in [6.07, 6.45) is 15.5. The molecular formula is C17H26N4O. The minimum Gasteiger partial charge on any atom is -0.366 e. The second-order valence-corrected chi connectivity index (χ2v) is 6.57. The van der Waals surface area contributed by atoms with Crippen LogP contribution in [-0.4, -0.2) is 28.0 Å². The van der Waals surface area contributed by atoms with E-state index in [1.165, 1.54) is 51.4 Å². The van der Waals surface area contributed by atoms with Crippen LogP contribution in [0.25, 0.3) is 0 Å². The van der Waals surface area contributed by atoms with Crippen molar-refractivity contribution < 1.29 is 4.79 Å². The number of rotatable bonds is 4. The average Bonchev–Trinajstić information content (AvgIpc) is 2.91. The molecule has 5 heteroatoms. The van der Waals surface area contributed by atoms with Crippen molar-refractivity contribution >= 4 is 11.7 Å². The minimum atomic E-state index is -0.0968. The number of anilines is 1. The van der Waals surface area contributed by atoms with Crippen LogP contribution in [0.2, 0.25) is 0 Å². The van der Waals surface area contributed by atoms with Gasteiger partial charge in [0.2, 0.25) is 0 Å². The highest BCUT2D eigenvalue weighted by molar-refractivity contribution is 5.92. The van der Waals surface area contributed by atoms with Gasteiger partial charge in [-0.2, -0.15) is 0 Å². The van der Waals surface area contributed by atoms with Gasteiger partial charge in [0.1, 0.15) is 11.5 Å². The lowest BCUT2D eigenvalue weighted by atomic mass is 10.1. The molecule has 1 aromatic rings. The van der Waals surface area contributed by atoms with Gasteiger partial charge in [0, 0.05) is 12.1 Å². The molecule has 0 bridgehead atoms. The van der Waals surface area contributed by atoms with E-state index in [-0.39, 0.29) is 5.91 Å². The van der Waals surface area contributed by atoms with Crippen LogP contribution in [0.15, 0.2) is 12.4 Å². The van der Waals surface area contributed by atoms with Crippen LogP contribution in [0.3, 0.4) is 0 Å². The molecule has 0 atom stereocenters. The lowest BCUT2D eigenvalue weighted by Crippen LogP contribution is -2.33. The molecule has 3 rings (SSSR count). The molecule has 2 saturated carbocycles. The zero-order valence-corrected chi connectivity index (χ0v) is 13.2. The highest BCUT2D eigenvalue weighted by Gasteiger charge is 2.19. The van der Waals surface area contributed by atoms with Gasteiger partial charge in [-0.25, -0.2) is 9.97 Å². The van der Waals surface area contributed by atoms with Crippen molar-refractivity contribution in [1.82, 2.24) is 15.3 Å². The van der Waals surface area contributed by atoms with Gasteiger partial charge in [-0.05, 0) is 25.7 Å². The highest BCUT2D eigenvalue weighted by atomic mass is 16.1. The Morgan fingerprint density at radius 3 is 2.14 bits per heavy atom. The lowest BCUT2D eigenvalue weighted by molar-refractivity contribution is 0.0932. The summed E-state index contributed by atoms with van der Waals surface area (Å²) in [5, 5.41) is 6.50. The third-order valence-electron chi connectivity index (χ3n) is 4.78. The Balaban J connectivity index is 1.53. The fourth-order valence-electron chi connectivity index (χ4n) is 3.48. The van der Waals surface area contributed by atoms with Crippen molar-refractivity contribution in [2.45, 2.75) is 76.3 Å². The molecule has 1 heterocycles. The second kappa shape index (κ2) is 7.56. The Kier molecular flexibility index (Phi) is 5.24. The molecule has 2 aliphatic rings. The van der Waals surface area contributed by atoms with E-state index in [9.17, 15) is 4.79 Å². The van der Waals surface area contributed by atoms with E-state index < -0.39 is 0 Å². The fourth-order valence-corrected chi connectivity index (χ4v) is 3.48. The van der Waals surface area contributed by atoms with Crippen LogP contribution in [0, 0.1) is 0 Å². The molecule has 22 heavy (non-hydrogen) atoms. The molecule has 0 saturated heterocycles. The molecular weight excluding hydrogens is 276 g/mol. The number of nitrogens with one attached hydrogen (secondary N) is 2. The molecule has 120 valence electrons. The highest BCUT2D eigenvalue weighted by Crippen LogP contribution is 2.20. The molecule has 0 aromatic carbocycles. The van der Waals surface area contributed by atoms with Crippen LogP contribution in [-0.2, 0) is 0 Å². The van der Waals surface area contributed by atoms with Crippen LogP contribution in [0.4, 0.5) is 5.82 Å². The van der Waals surface area contributed by atoms with Crippen molar-refractivity contribution in [2.75, 3.05) is 5.32 Å². The van der Waals surface area contributed by atoms with Crippen molar-refractivity contribution in [2.24, 2.45) is 0 Å². The van der Waals surface area contributed by atoms with Crippen LogP contribution in [0.1, 0.15) is 74.7 Å². The van der Waals surface area contributed by atoms with Gasteiger partial charge in [-0.1, -0.05) is 38.5 Å². The maximum absolute atomic E-state index is 12.1. The predicted octanol–water partition coefficient (Wildman–Crippen LogP) is 3.28. The van der Waals surface area contributed by atoms with Gasteiger partial charge in [-0.3, -0.25) is 4.79 Å². The second-order valence-electron chi connectivity index (χ2n) is 6.57. The van der Waals surface area contributed by atoms with Gasteiger partial charge >= 0.3 is 0 Å². The summed E-state index contributed by atoms with van der Waals surface area (Å²) in [5.41, 5.74) is 0.415. The van der Waals surface area contributed by atoms with E-state index in [1.807, 2.05) is 0 Å². The first kappa shape index (κ1) is 15.3. The number of carbonyl (C=O) groups excluding carboxylic acids is 1. The van der Waals surface area contributed by atoms with E-state index >= 15 is 0 Å². The third kappa shape index (κ3) is 4.18. The van der Waals surface area contributed by atoms with Crippen molar-refractivity contribution in [3.8, 4) is 0 Å². The number of aromatic nitrogens is 2. The molecule has 1 aromatic heterocycles. The van der Waals surface area contributed by atoms with Gasteiger partial charge in [0.05, 0.1) is 12.4 Å². The summed E-state index contributed by atoms with van der Waals surface area (Å²) in [6.45, 7) is 0. The fraction of sp³-hybridized carbons (Fsp3) is 0.706. The molecule has 0 radical (unpaired) electrons. The smallest absolute Gasteiger partial charge is 0.271 e. The molecule has 2 N–H and O–H groups in total. The van der Waals surface area contributed by atoms with Crippen molar-refractivity contribution in [3.05, 3.63) is 18.1 Å². The average molecular weight is 302 g/mol. The summed E-state index contributed by atoms with van der Waals surface area (Å²) in [5.74, 6) is 0.685. The standard InChI is InChI=1S/C17H26N4O/c22-17(21-14-9-5-6-10-14)15-11-19-16(12-18-15)20-13-7-3-1-2-4-8-13/h11-14H,1-10H2,(H,19,20)(H,21,22). The number of carbonyl (C=O) groups is 1. The Labute approximate surface area is 132 Å².